The Balaban J connectivity index is 2.29. The Morgan fingerprint density at radius 1 is 1.32 bits per heavy atom. The number of nitrogens with zero attached hydrogens (tertiary/aromatic N) is 4. The van der Waals surface area contributed by atoms with Gasteiger partial charge >= 0.3 is 5.97 Å². The highest BCUT2D eigenvalue weighted by Crippen LogP contribution is 2.24. The minimum atomic E-state index is -0.414. The molecule has 0 saturated carbocycles. The van der Waals surface area contributed by atoms with E-state index in [0.717, 1.165) is 11.4 Å². The maximum absolute atomic E-state index is 11.5. The molecular weight excluding hydrogens is 264 g/mol. The van der Waals surface area contributed by atoms with Gasteiger partial charge in [0.15, 0.2) is 10.3 Å². The van der Waals surface area contributed by atoms with Gasteiger partial charge in [0.25, 0.3) is 0 Å². The molecular formula is C12H14N4O2S. The number of carbonyl (C=O) groups excluding carboxylic acids is 1. The summed E-state index contributed by atoms with van der Waals surface area (Å²) in [4.78, 5) is 24.3. The predicted molar refractivity (Wildman–Crippen MR) is 70.2 cm³/mol. The summed E-state index contributed by atoms with van der Waals surface area (Å²) in [6.07, 6.45) is 1.48. The fraction of sp³-hybridized carbons (Fsp3) is 0.333. The van der Waals surface area contributed by atoms with Crippen LogP contribution in [-0.2, 0) is 11.8 Å². The largest absolute Gasteiger partial charge is 0.464 e. The molecule has 0 aromatic carbocycles. The summed E-state index contributed by atoms with van der Waals surface area (Å²) in [5, 5.41) is 1.26. The number of rotatable bonds is 3. The Kier molecular flexibility index (Phi) is 3.84. The summed E-state index contributed by atoms with van der Waals surface area (Å²) in [6.45, 7) is 3.83. The van der Waals surface area contributed by atoms with Crippen LogP contribution in [-0.4, -0.2) is 32.6 Å². The van der Waals surface area contributed by atoms with Gasteiger partial charge in [-0.2, -0.15) is 0 Å². The number of methoxy groups -OCH3 is 1. The minimum absolute atomic E-state index is 0.398. The molecule has 6 nitrogen and oxygen atoms in total. The lowest BCUT2D eigenvalue weighted by atomic mass is 10.4. The molecule has 0 bridgehead atoms. The molecule has 2 aromatic heterocycles. The molecule has 19 heavy (non-hydrogen) atoms. The molecule has 2 aromatic rings. The third-order valence-corrected chi connectivity index (χ3v) is 3.41. The maximum Gasteiger partial charge on any atom is 0.356 e. The third kappa shape index (κ3) is 2.93. The maximum atomic E-state index is 11.5. The van der Waals surface area contributed by atoms with Gasteiger partial charge in [-0.1, -0.05) is 0 Å². The van der Waals surface area contributed by atoms with Gasteiger partial charge in [-0.05, 0) is 31.7 Å². The number of aryl methyl sites for hydroxylation is 2. The quantitative estimate of drug-likeness (QED) is 0.629. The summed E-state index contributed by atoms with van der Waals surface area (Å²) in [5.41, 5.74) is 2.20. The first-order valence-corrected chi connectivity index (χ1v) is 6.43. The van der Waals surface area contributed by atoms with E-state index in [0.29, 0.717) is 16.0 Å². The average molecular weight is 278 g/mol. The summed E-state index contributed by atoms with van der Waals surface area (Å²) in [7, 11) is 3.10. The first-order chi connectivity index (χ1) is 9.01. The van der Waals surface area contributed by atoms with Crippen LogP contribution in [0, 0.1) is 13.8 Å². The van der Waals surface area contributed by atoms with Gasteiger partial charge in [-0.15, -0.1) is 0 Å². The second-order valence-electron chi connectivity index (χ2n) is 4.01. The van der Waals surface area contributed by atoms with Crippen molar-refractivity contribution in [3.05, 3.63) is 29.3 Å². The van der Waals surface area contributed by atoms with Crippen LogP contribution in [0.15, 0.2) is 22.6 Å². The van der Waals surface area contributed by atoms with Gasteiger partial charge in [0.05, 0.1) is 13.3 Å². The summed E-state index contributed by atoms with van der Waals surface area (Å²) in [5.74, 6) is -0.414. The van der Waals surface area contributed by atoms with E-state index < -0.39 is 5.97 Å². The number of esters is 1. The average Bonchev–Trinajstić information content (AvgIpc) is 2.69. The first kappa shape index (κ1) is 13.5. The van der Waals surface area contributed by atoms with Crippen molar-refractivity contribution in [1.29, 1.82) is 0 Å². The summed E-state index contributed by atoms with van der Waals surface area (Å²) >= 11 is 1.31. The number of carbonyl (C=O) groups is 1. The molecule has 0 aliphatic heterocycles. The monoisotopic (exact) mass is 278 g/mol. The van der Waals surface area contributed by atoms with Crippen molar-refractivity contribution in [2.24, 2.45) is 7.05 Å². The van der Waals surface area contributed by atoms with Gasteiger partial charge in [0.2, 0.25) is 0 Å². The molecule has 7 heteroatoms. The van der Waals surface area contributed by atoms with E-state index in [1.54, 1.807) is 11.6 Å². The lowest BCUT2D eigenvalue weighted by Crippen LogP contribution is -2.08. The molecule has 0 aliphatic carbocycles. The molecule has 0 spiro atoms. The van der Waals surface area contributed by atoms with E-state index in [1.165, 1.54) is 25.1 Å². The van der Waals surface area contributed by atoms with Gasteiger partial charge in [-0.25, -0.2) is 19.7 Å². The van der Waals surface area contributed by atoms with E-state index in [2.05, 4.69) is 19.7 Å². The van der Waals surface area contributed by atoms with Crippen LogP contribution >= 0.6 is 11.8 Å². The van der Waals surface area contributed by atoms with Crippen molar-refractivity contribution < 1.29 is 9.53 Å². The van der Waals surface area contributed by atoms with Gasteiger partial charge in [-0.3, -0.25) is 0 Å². The first-order valence-electron chi connectivity index (χ1n) is 5.61. The topological polar surface area (TPSA) is 69.9 Å². The lowest BCUT2D eigenvalue weighted by molar-refractivity contribution is 0.0589. The van der Waals surface area contributed by atoms with Crippen molar-refractivity contribution in [2.75, 3.05) is 7.11 Å². The molecule has 2 rings (SSSR count). The zero-order valence-electron chi connectivity index (χ0n) is 11.2. The van der Waals surface area contributed by atoms with Crippen molar-refractivity contribution in [2.45, 2.75) is 24.2 Å². The standard InChI is InChI=1S/C12H14N4O2S/c1-7-5-8(2)15-11(14-7)19-12-13-6-9(16(12)3)10(17)18-4/h5-6H,1-4H3. The van der Waals surface area contributed by atoms with E-state index in [4.69, 9.17) is 0 Å². The molecule has 0 unspecified atom stereocenters. The highest BCUT2D eigenvalue weighted by molar-refractivity contribution is 7.99. The number of aromatic nitrogens is 4. The molecule has 0 aliphatic rings. The second-order valence-corrected chi connectivity index (χ2v) is 4.95. The number of hydrogen-bond acceptors (Lipinski definition) is 6. The van der Waals surface area contributed by atoms with E-state index >= 15 is 0 Å². The minimum Gasteiger partial charge on any atom is -0.464 e. The Bertz CT molecular complexity index is 604. The lowest BCUT2D eigenvalue weighted by Gasteiger charge is -2.04. The molecule has 0 radical (unpaired) electrons. The number of imidazole rings is 1. The number of ether oxygens (including phenoxy) is 1. The molecule has 0 fully saturated rings. The fourth-order valence-corrected chi connectivity index (χ4v) is 2.49. The Labute approximate surface area is 115 Å². The van der Waals surface area contributed by atoms with Crippen LogP contribution in [0.4, 0.5) is 0 Å². The van der Waals surface area contributed by atoms with Crippen LogP contribution in [0.5, 0.6) is 0 Å². The molecule has 0 amide bonds. The molecule has 0 atom stereocenters. The van der Waals surface area contributed by atoms with E-state index in [1.807, 2.05) is 19.9 Å². The zero-order valence-corrected chi connectivity index (χ0v) is 12.0. The van der Waals surface area contributed by atoms with Crippen molar-refractivity contribution >= 4 is 17.7 Å². The highest BCUT2D eigenvalue weighted by Gasteiger charge is 2.16. The molecule has 0 N–H and O–H groups in total. The molecule has 100 valence electrons. The van der Waals surface area contributed by atoms with Crippen LogP contribution in [0.25, 0.3) is 0 Å². The fourth-order valence-electron chi connectivity index (χ4n) is 1.60. The van der Waals surface area contributed by atoms with Crippen LogP contribution in [0.1, 0.15) is 21.9 Å². The zero-order chi connectivity index (χ0) is 14.0. The summed E-state index contributed by atoms with van der Waals surface area (Å²) < 4.78 is 6.34. The normalized spacial score (nSPS) is 10.5. The van der Waals surface area contributed by atoms with Crippen molar-refractivity contribution in [1.82, 2.24) is 19.5 Å². The Morgan fingerprint density at radius 2 is 1.95 bits per heavy atom. The predicted octanol–water partition coefficient (Wildman–Crippen LogP) is 1.76. The van der Waals surface area contributed by atoms with E-state index in [-0.39, 0.29) is 0 Å². The molecule has 2 heterocycles. The van der Waals surface area contributed by atoms with Gasteiger partial charge < -0.3 is 9.30 Å². The Hall–Kier alpha value is -1.89. The third-order valence-electron chi connectivity index (χ3n) is 2.48. The Morgan fingerprint density at radius 3 is 2.53 bits per heavy atom. The number of hydrogen-bond donors (Lipinski definition) is 0. The smallest absolute Gasteiger partial charge is 0.356 e. The SMILES string of the molecule is COC(=O)c1cnc(Sc2nc(C)cc(C)n2)n1C. The second kappa shape index (κ2) is 5.40. The van der Waals surface area contributed by atoms with E-state index in [9.17, 15) is 4.79 Å². The van der Waals surface area contributed by atoms with Gasteiger partial charge in [0, 0.05) is 18.4 Å². The van der Waals surface area contributed by atoms with Crippen molar-refractivity contribution in [3.8, 4) is 0 Å². The van der Waals surface area contributed by atoms with Crippen LogP contribution in [0.2, 0.25) is 0 Å². The van der Waals surface area contributed by atoms with Crippen LogP contribution < -0.4 is 0 Å². The van der Waals surface area contributed by atoms with Crippen molar-refractivity contribution in [3.63, 3.8) is 0 Å². The highest BCUT2D eigenvalue weighted by atomic mass is 32.2. The summed E-state index contributed by atoms with van der Waals surface area (Å²) in [6, 6.07) is 1.91. The molecule has 0 saturated heterocycles. The van der Waals surface area contributed by atoms with Gasteiger partial charge in [0.1, 0.15) is 5.69 Å². The van der Waals surface area contributed by atoms with Crippen LogP contribution in [0.3, 0.4) is 0 Å².